The Kier molecular flexibility index (Phi) is 4.75. The van der Waals surface area contributed by atoms with Gasteiger partial charge in [-0.05, 0) is 64.7 Å². The van der Waals surface area contributed by atoms with Crippen molar-refractivity contribution >= 4 is 27.5 Å². The highest BCUT2D eigenvalue weighted by Gasteiger charge is 2.30. The molecule has 1 aliphatic heterocycles. The zero-order valence-electron chi connectivity index (χ0n) is 12.6. The maximum atomic E-state index is 13.0. The zero-order chi connectivity index (χ0) is 16.4. The van der Waals surface area contributed by atoms with Gasteiger partial charge in [0.25, 0.3) is 0 Å². The number of nitrogens with one attached hydrogen (secondary N) is 3. The summed E-state index contributed by atoms with van der Waals surface area (Å²) < 4.78 is 13.8. The molecule has 1 fully saturated rings. The first-order chi connectivity index (χ1) is 11.0. The summed E-state index contributed by atoms with van der Waals surface area (Å²) in [4.78, 5) is 12.4. The van der Waals surface area contributed by atoms with Crippen molar-refractivity contribution in [1.82, 2.24) is 10.9 Å². The van der Waals surface area contributed by atoms with E-state index >= 15 is 0 Å². The minimum atomic E-state index is -0.349. The number of hydrazine groups is 1. The van der Waals surface area contributed by atoms with Gasteiger partial charge in [-0.1, -0.05) is 18.2 Å². The van der Waals surface area contributed by atoms with Crippen LogP contribution in [0.25, 0.3) is 0 Å². The Morgan fingerprint density at radius 3 is 2.65 bits per heavy atom. The summed E-state index contributed by atoms with van der Waals surface area (Å²) in [5, 5.41) is 2.91. The molecule has 0 aliphatic carbocycles. The zero-order valence-corrected chi connectivity index (χ0v) is 14.2. The molecule has 2 unspecified atom stereocenters. The number of hydrogen-bond acceptors (Lipinski definition) is 3. The predicted molar refractivity (Wildman–Crippen MR) is 91.3 cm³/mol. The largest absolute Gasteiger partial charge is 0.324 e. The van der Waals surface area contributed by atoms with Gasteiger partial charge in [0.1, 0.15) is 11.9 Å². The average molecular weight is 378 g/mol. The van der Waals surface area contributed by atoms with Crippen LogP contribution in [-0.2, 0) is 4.79 Å². The van der Waals surface area contributed by atoms with Crippen molar-refractivity contribution in [3.63, 3.8) is 0 Å². The van der Waals surface area contributed by atoms with E-state index in [0.717, 1.165) is 21.3 Å². The summed E-state index contributed by atoms with van der Waals surface area (Å²) in [5.74, 6) is -0.370. The first-order valence-electron chi connectivity index (χ1n) is 7.36. The number of rotatable bonds is 3. The van der Waals surface area contributed by atoms with Gasteiger partial charge in [0.05, 0.1) is 5.69 Å². The fourth-order valence-corrected chi connectivity index (χ4v) is 3.18. The number of hydrogen-bond donors (Lipinski definition) is 3. The molecule has 4 nitrogen and oxygen atoms in total. The molecule has 0 radical (unpaired) electrons. The lowest BCUT2D eigenvalue weighted by molar-refractivity contribution is -0.117. The quantitative estimate of drug-likeness (QED) is 0.767. The second-order valence-corrected chi connectivity index (χ2v) is 6.51. The highest BCUT2D eigenvalue weighted by atomic mass is 79.9. The molecule has 0 bridgehead atoms. The topological polar surface area (TPSA) is 53.2 Å². The van der Waals surface area contributed by atoms with Crippen LogP contribution in [0.15, 0.2) is 46.9 Å². The van der Waals surface area contributed by atoms with Crippen molar-refractivity contribution in [2.75, 3.05) is 5.32 Å². The summed E-state index contributed by atoms with van der Waals surface area (Å²) in [6, 6.07) is 11.7. The highest BCUT2D eigenvalue weighted by molar-refractivity contribution is 9.10. The first kappa shape index (κ1) is 16.1. The Hall–Kier alpha value is -1.76. The predicted octanol–water partition coefficient (Wildman–Crippen LogP) is 3.44. The normalized spacial score (nSPS) is 20.5. The number of aryl methyl sites for hydroxylation is 1. The third kappa shape index (κ3) is 3.77. The van der Waals surface area contributed by atoms with Crippen LogP contribution in [0.3, 0.4) is 0 Å². The molecule has 1 saturated heterocycles. The average Bonchev–Trinajstić information content (AvgIpc) is 3.01. The van der Waals surface area contributed by atoms with Crippen molar-refractivity contribution in [3.8, 4) is 0 Å². The summed E-state index contributed by atoms with van der Waals surface area (Å²) in [6.07, 6.45) is 0.598. The fraction of sp³-hybridized carbons (Fsp3) is 0.235. The summed E-state index contributed by atoms with van der Waals surface area (Å²) in [5.41, 5.74) is 8.90. The van der Waals surface area contributed by atoms with E-state index in [-0.39, 0.29) is 23.8 Å². The number of benzene rings is 2. The van der Waals surface area contributed by atoms with Crippen molar-refractivity contribution in [2.24, 2.45) is 0 Å². The van der Waals surface area contributed by atoms with Crippen LogP contribution in [0.5, 0.6) is 0 Å². The maximum absolute atomic E-state index is 13.0. The smallest absolute Gasteiger partial charge is 0.242 e. The number of halogens is 2. The molecule has 2 atom stereocenters. The van der Waals surface area contributed by atoms with Gasteiger partial charge in [-0.3, -0.25) is 4.79 Å². The number of carbonyl (C=O) groups excluding carboxylic acids is 1. The molecule has 1 aliphatic rings. The van der Waals surface area contributed by atoms with E-state index in [0.29, 0.717) is 6.42 Å². The standard InChI is InChI=1S/C17H17BrFN3O/c1-10-2-7-14(13(18)8-10)20-17(23)16-9-15(21-22-16)11-3-5-12(19)6-4-11/h2-8,15-16,21-22H,9H2,1H3,(H,20,23). The van der Waals surface area contributed by atoms with E-state index < -0.39 is 0 Å². The molecule has 2 aromatic carbocycles. The van der Waals surface area contributed by atoms with Crippen LogP contribution >= 0.6 is 15.9 Å². The van der Waals surface area contributed by atoms with Gasteiger partial charge in [-0.2, -0.15) is 0 Å². The molecular weight excluding hydrogens is 361 g/mol. The molecule has 0 spiro atoms. The molecule has 3 rings (SSSR count). The van der Waals surface area contributed by atoms with Crippen molar-refractivity contribution in [3.05, 3.63) is 63.9 Å². The van der Waals surface area contributed by atoms with Crippen LogP contribution < -0.4 is 16.2 Å². The van der Waals surface area contributed by atoms with E-state index in [1.54, 1.807) is 12.1 Å². The SMILES string of the molecule is Cc1ccc(NC(=O)C2CC(c3ccc(F)cc3)NN2)c(Br)c1. The highest BCUT2D eigenvalue weighted by Crippen LogP contribution is 2.26. The minimum absolute atomic E-state index is 0.0205. The van der Waals surface area contributed by atoms with Crippen LogP contribution in [0.1, 0.15) is 23.6 Å². The Bertz CT molecular complexity index is 720. The lowest BCUT2D eigenvalue weighted by Gasteiger charge is -2.12. The van der Waals surface area contributed by atoms with E-state index in [1.807, 2.05) is 25.1 Å². The van der Waals surface area contributed by atoms with Gasteiger partial charge in [-0.15, -0.1) is 0 Å². The van der Waals surface area contributed by atoms with Gasteiger partial charge in [-0.25, -0.2) is 15.2 Å². The van der Waals surface area contributed by atoms with Crippen LogP contribution in [0.2, 0.25) is 0 Å². The second kappa shape index (κ2) is 6.78. The molecule has 3 N–H and O–H groups in total. The molecule has 0 saturated carbocycles. The third-order valence-corrected chi connectivity index (χ3v) is 4.53. The summed E-state index contributed by atoms with van der Waals surface area (Å²) in [7, 11) is 0. The number of carbonyl (C=O) groups is 1. The molecule has 23 heavy (non-hydrogen) atoms. The van der Waals surface area contributed by atoms with Gasteiger partial charge >= 0.3 is 0 Å². The van der Waals surface area contributed by atoms with Crippen LogP contribution in [0, 0.1) is 12.7 Å². The molecule has 2 aromatic rings. The van der Waals surface area contributed by atoms with Crippen molar-refractivity contribution in [1.29, 1.82) is 0 Å². The Morgan fingerprint density at radius 2 is 1.96 bits per heavy atom. The molecule has 120 valence electrons. The van der Waals surface area contributed by atoms with E-state index in [2.05, 4.69) is 32.1 Å². The first-order valence-corrected chi connectivity index (χ1v) is 8.16. The molecular formula is C17H17BrFN3O. The van der Waals surface area contributed by atoms with Crippen molar-refractivity contribution < 1.29 is 9.18 Å². The lowest BCUT2D eigenvalue weighted by atomic mass is 10.0. The van der Waals surface area contributed by atoms with Crippen LogP contribution in [-0.4, -0.2) is 11.9 Å². The molecule has 0 aromatic heterocycles. The van der Waals surface area contributed by atoms with E-state index in [9.17, 15) is 9.18 Å². The van der Waals surface area contributed by atoms with E-state index in [1.165, 1.54) is 12.1 Å². The minimum Gasteiger partial charge on any atom is -0.324 e. The fourth-order valence-electron chi connectivity index (χ4n) is 2.58. The van der Waals surface area contributed by atoms with Crippen LogP contribution in [0.4, 0.5) is 10.1 Å². The maximum Gasteiger partial charge on any atom is 0.242 e. The van der Waals surface area contributed by atoms with Gasteiger partial charge < -0.3 is 5.32 Å². The van der Waals surface area contributed by atoms with Gasteiger partial charge in [0.15, 0.2) is 0 Å². The lowest BCUT2D eigenvalue weighted by Crippen LogP contribution is -2.39. The van der Waals surface area contributed by atoms with E-state index in [4.69, 9.17) is 0 Å². The Morgan fingerprint density at radius 1 is 1.22 bits per heavy atom. The number of anilines is 1. The summed E-state index contributed by atoms with van der Waals surface area (Å²) >= 11 is 3.45. The molecule has 1 amide bonds. The third-order valence-electron chi connectivity index (χ3n) is 3.87. The Labute approximate surface area is 142 Å². The molecule has 1 heterocycles. The monoisotopic (exact) mass is 377 g/mol. The second-order valence-electron chi connectivity index (χ2n) is 5.65. The van der Waals surface area contributed by atoms with Crippen molar-refractivity contribution in [2.45, 2.75) is 25.4 Å². The summed E-state index contributed by atoms with van der Waals surface area (Å²) in [6.45, 7) is 1.99. The van der Waals surface area contributed by atoms with Gasteiger partial charge in [0.2, 0.25) is 5.91 Å². The van der Waals surface area contributed by atoms with Gasteiger partial charge in [0, 0.05) is 10.5 Å². The number of amides is 1. The Balaban J connectivity index is 1.64. The molecule has 6 heteroatoms.